The number of β-amino-alcohol motifs (C(OH)–C–C–N with tert-alkyl or cyclic N) is 1. The van der Waals surface area contributed by atoms with Crippen LogP contribution in [0.5, 0.6) is 0 Å². The quantitative estimate of drug-likeness (QED) is 0.431. The SMILES string of the molecule is CCCCc1cccc(-c2cc(N3CCCC(O)C3)c3cnn(-c4cccc(CO)n4)c3c2)n1. The molecule has 1 fully saturated rings. The Labute approximate surface area is 199 Å². The highest BCUT2D eigenvalue weighted by Gasteiger charge is 2.22. The van der Waals surface area contributed by atoms with Crippen LogP contribution in [0.25, 0.3) is 28.0 Å². The van der Waals surface area contributed by atoms with Crippen molar-refractivity contribution < 1.29 is 10.2 Å². The first-order valence-corrected chi connectivity index (χ1v) is 12.1. The molecule has 7 heteroatoms. The van der Waals surface area contributed by atoms with Gasteiger partial charge in [-0.3, -0.25) is 4.98 Å². The summed E-state index contributed by atoms with van der Waals surface area (Å²) < 4.78 is 1.82. The number of rotatable bonds is 7. The summed E-state index contributed by atoms with van der Waals surface area (Å²) in [5, 5.41) is 25.6. The van der Waals surface area contributed by atoms with Gasteiger partial charge < -0.3 is 15.1 Å². The molecule has 1 atom stereocenters. The first kappa shape index (κ1) is 22.5. The molecule has 0 spiro atoms. The predicted molar refractivity (Wildman–Crippen MR) is 134 cm³/mol. The van der Waals surface area contributed by atoms with Gasteiger partial charge in [0, 0.05) is 35.4 Å². The van der Waals surface area contributed by atoms with E-state index in [1.165, 1.54) is 0 Å². The molecule has 2 N–H and O–H groups in total. The zero-order valence-electron chi connectivity index (χ0n) is 19.6. The number of unbranched alkanes of at least 4 members (excludes halogenated alkanes) is 1. The van der Waals surface area contributed by atoms with E-state index >= 15 is 0 Å². The average molecular weight is 458 g/mol. The van der Waals surface area contributed by atoms with Gasteiger partial charge in [-0.15, -0.1) is 0 Å². The van der Waals surface area contributed by atoms with Gasteiger partial charge in [-0.1, -0.05) is 25.5 Å². The number of pyridine rings is 2. The fourth-order valence-electron chi connectivity index (χ4n) is 4.68. The third-order valence-corrected chi connectivity index (χ3v) is 6.46. The molecule has 1 aliphatic rings. The van der Waals surface area contributed by atoms with E-state index in [1.807, 2.05) is 23.0 Å². The van der Waals surface area contributed by atoms with Gasteiger partial charge in [0.05, 0.1) is 35.8 Å². The predicted octanol–water partition coefficient (Wildman–Crippen LogP) is 4.28. The van der Waals surface area contributed by atoms with Crippen LogP contribution in [0, 0.1) is 0 Å². The number of aryl methyl sites for hydroxylation is 1. The number of aromatic nitrogens is 4. The summed E-state index contributed by atoms with van der Waals surface area (Å²) in [6, 6.07) is 16.1. The molecule has 0 radical (unpaired) electrons. The molecule has 3 aromatic heterocycles. The Bertz CT molecular complexity index is 1290. The molecule has 0 amide bonds. The van der Waals surface area contributed by atoms with Gasteiger partial charge in [0.15, 0.2) is 5.82 Å². The second kappa shape index (κ2) is 9.91. The lowest BCUT2D eigenvalue weighted by atomic mass is 10.0. The standard InChI is InChI=1S/C27H31N5O2/c1-2-3-7-20-8-4-11-24(29-20)19-14-25(31-13-6-10-22(34)17-31)23-16-28-32(26(23)15-19)27-12-5-9-21(18-33)30-27/h4-5,8-9,11-12,14-16,22,33-34H,2-3,6-7,10,13,17-18H2,1H3. The topological polar surface area (TPSA) is 87.3 Å². The number of aliphatic hydroxyl groups is 2. The molecule has 34 heavy (non-hydrogen) atoms. The molecule has 0 aliphatic carbocycles. The third-order valence-electron chi connectivity index (χ3n) is 6.46. The molecular weight excluding hydrogens is 426 g/mol. The van der Waals surface area contributed by atoms with Crippen LogP contribution in [0.1, 0.15) is 44.0 Å². The lowest BCUT2D eigenvalue weighted by Gasteiger charge is -2.32. The average Bonchev–Trinajstić information content (AvgIpc) is 3.31. The van der Waals surface area contributed by atoms with Crippen molar-refractivity contribution in [2.75, 3.05) is 18.0 Å². The molecule has 4 aromatic rings. The van der Waals surface area contributed by atoms with E-state index in [0.717, 1.165) is 72.2 Å². The summed E-state index contributed by atoms with van der Waals surface area (Å²) in [7, 11) is 0. The summed E-state index contributed by atoms with van der Waals surface area (Å²) in [5.41, 5.74) is 5.62. The van der Waals surface area contributed by atoms with Crippen molar-refractivity contribution in [3.05, 3.63) is 66.1 Å². The van der Waals surface area contributed by atoms with Crippen LogP contribution in [-0.4, -0.2) is 49.2 Å². The van der Waals surface area contributed by atoms with Crippen LogP contribution in [-0.2, 0) is 13.0 Å². The number of nitrogens with zero attached hydrogens (tertiary/aromatic N) is 5. The van der Waals surface area contributed by atoms with Crippen LogP contribution in [0.3, 0.4) is 0 Å². The van der Waals surface area contributed by atoms with Crippen LogP contribution in [0.4, 0.5) is 5.69 Å². The normalized spacial score (nSPS) is 16.3. The van der Waals surface area contributed by atoms with Crippen molar-refractivity contribution in [1.82, 2.24) is 19.7 Å². The number of piperidine rings is 1. The zero-order valence-corrected chi connectivity index (χ0v) is 19.6. The zero-order chi connectivity index (χ0) is 23.5. The molecule has 1 aromatic carbocycles. The summed E-state index contributed by atoms with van der Waals surface area (Å²) in [4.78, 5) is 11.8. The Balaban J connectivity index is 1.66. The summed E-state index contributed by atoms with van der Waals surface area (Å²) in [6.07, 6.45) is 6.54. The number of aliphatic hydroxyl groups excluding tert-OH is 2. The van der Waals surface area contributed by atoms with Crippen LogP contribution >= 0.6 is 0 Å². The highest BCUT2D eigenvalue weighted by atomic mass is 16.3. The molecular formula is C27H31N5O2. The number of fused-ring (bicyclic) bond motifs is 1. The van der Waals surface area contributed by atoms with Crippen molar-refractivity contribution in [2.24, 2.45) is 0 Å². The Morgan fingerprint density at radius 1 is 1.06 bits per heavy atom. The Morgan fingerprint density at radius 3 is 2.74 bits per heavy atom. The highest BCUT2D eigenvalue weighted by Crippen LogP contribution is 2.35. The van der Waals surface area contributed by atoms with E-state index in [-0.39, 0.29) is 12.7 Å². The number of benzene rings is 1. The second-order valence-electron chi connectivity index (χ2n) is 8.99. The Morgan fingerprint density at radius 2 is 1.91 bits per heavy atom. The van der Waals surface area contributed by atoms with Gasteiger partial charge in [-0.25, -0.2) is 9.67 Å². The van der Waals surface area contributed by atoms with Crippen molar-refractivity contribution in [2.45, 2.75) is 51.7 Å². The highest BCUT2D eigenvalue weighted by molar-refractivity contribution is 5.96. The largest absolute Gasteiger partial charge is 0.391 e. The molecule has 0 saturated carbocycles. The minimum atomic E-state index is -0.332. The molecule has 1 aliphatic heterocycles. The van der Waals surface area contributed by atoms with E-state index in [9.17, 15) is 10.2 Å². The van der Waals surface area contributed by atoms with Crippen LogP contribution in [0.2, 0.25) is 0 Å². The maximum atomic E-state index is 10.4. The number of hydrogen-bond acceptors (Lipinski definition) is 6. The summed E-state index contributed by atoms with van der Waals surface area (Å²) in [6.45, 7) is 3.57. The van der Waals surface area contributed by atoms with E-state index in [0.29, 0.717) is 18.1 Å². The lowest BCUT2D eigenvalue weighted by Crippen LogP contribution is -2.38. The molecule has 1 unspecified atom stereocenters. The van der Waals surface area contributed by atoms with Crippen LogP contribution in [0.15, 0.2) is 54.7 Å². The van der Waals surface area contributed by atoms with Gasteiger partial charge in [0.1, 0.15) is 0 Å². The monoisotopic (exact) mass is 457 g/mol. The smallest absolute Gasteiger partial charge is 0.154 e. The first-order valence-electron chi connectivity index (χ1n) is 12.1. The Hall–Kier alpha value is -3.29. The first-order chi connectivity index (χ1) is 16.7. The van der Waals surface area contributed by atoms with Crippen LogP contribution < -0.4 is 4.90 Å². The molecule has 5 rings (SSSR count). The maximum absolute atomic E-state index is 10.4. The van der Waals surface area contributed by atoms with Crippen molar-refractivity contribution >= 4 is 16.6 Å². The summed E-state index contributed by atoms with van der Waals surface area (Å²) >= 11 is 0. The fourth-order valence-corrected chi connectivity index (χ4v) is 4.68. The second-order valence-corrected chi connectivity index (χ2v) is 8.99. The van der Waals surface area contributed by atoms with Gasteiger partial charge in [-0.05, 0) is 62.1 Å². The molecule has 1 saturated heterocycles. The Kier molecular flexibility index (Phi) is 6.56. The number of hydrogen-bond donors (Lipinski definition) is 2. The molecule has 4 heterocycles. The van der Waals surface area contributed by atoms with Gasteiger partial charge >= 0.3 is 0 Å². The maximum Gasteiger partial charge on any atom is 0.154 e. The van der Waals surface area contributed by atoms with Gasteiger partial charge in [0.2, 0.25) is 0 Å². The summed E-state index contributed by atoms with van der Waals surface area (Å²) in [5.74, 6) is 0.660. The van der Waals surface area contributed by atoms with Crippen molar-refractivity contribution in [1.29, 1.82) is 0 Å². The number of anilines is 1. The minimum absolute atomic E-state index is 0.121. The molecule has 176 valence electrons. The molecule has 7 nitrogen and oxygen atoms in total. The lowest BCUT2D eigenvalue weighted by molar-refractivity contribution is 0.154. The fraction of sp³-hybridized carbons (Fsp3) is 0.370. The van der Waals surface area contributed by atoms with Gasteiger partial charge in [0.25, 0.3) is 0 Å². The van der Waals surface area contributed by atoms with Gasteiger partial charge in [-0.2, -0.15) is 5.10 Å². The van der Waals surface area contributed by atoms with E-state index in [1.54, 1.807) is 6.07 Å². The third kappa shape index (κ3) is 4.54. The van der Waals surface area contributed by atoms with E-state index in [4.69, 9.17) is 4.98 Å². The van der Waals surface area contributed by atoms with E-state index in [2.05, 4.69) is 52.2 Å². The minimum Gasteiger partial charge on any atom is -0.391 e. The molecule has 0 bridgehead atoms. The van der Waals surface area contributed by atoms with E-state index < -0.39 is 0 Å². The van der Waals surface area contributed by atoms with Crippen molar-refractivity contribution in [3.63, 3.8) is 0 Å². The van der Waals surface area contributed by atoms with Crippen molar-refractivity contribution in [3.8, 4) is 17.1 Å².